The maximum Gasteiger partial charge on any atom is 0.109 e. The highest BCUT2D eigenvalue weighted by Crippen LogP contribution is 1.83. The third kappa shape index (κ3) is 5.04. The summed E-state index contributed by atoms with van der Waals surface area (Å²) in [6, 6.07) is 0. The summed E-state index contributed by atoms with van der Waals surface area (Å²) >= 11 is 5.71. The lowest BCUT2D eigenvalue weighted by Gasteiger charge is -1.80. The van der Waals surface area contributed by atoms with Crippen molar-refractivity contribution in [1.29, 1.82) is 0 Å². The van der Waals surface area contributed by atoms with Gasteiger partial charge in [0.25, 0.3) is 0 Å². The molecule has 0 aliphatic rings. The van der Waals surface area contributed by atoms with Gasteiger partial charge in [-0.25, -0.2) is 0 Å². The summed E-state index contributed by atoms with van der Waals surface area (Å²) in [4.78, 5) is 0. The maximum atomic E-state index is 4.58. The van der Waals surface area contributed by atoms with E-state index >= 15 is 0 Å². The van der Waals surface area contributed by atoms with Crippen LogP contribution in [-0.2, 0) is 3.07 Å². The molecule has 0 unspecified atom stereocenters. The van der Waals surface area contributed by atoms with Crippen molar-refractivity contribution in [3.05, 3.63) is 0 Å². The first kappa shape index (κ1) is 6.04. The van der Waals surface area contributed by atoms with Crippen molar-refractivity contribution in [2.75, 3.05) is 12.4 Å². The minimum atomic E-state index is 0.740. The minimum absolute atomic E-state index is 0.740. The molecule has 0 aromatic carbocycles. The minimum Gasteiger partial charge on any atom is -0.315 e. The molecule has 3 heteroatoms. The van der Waals surface area contributed by atoms with Crippen molar-refractivity contribution in [1.82, 2.24) is 0 Å². The van der Waals surface area contributed by atoms with Crippen LogP contribution in [0.2, 0.25) is 0 Å². The van der Waals surface area contributed by atoms with Crippen LogP contribution in [0.15, 0.2) is 0 Å². The molecule has 0 amide bonds. The van der Waals surface area contributed by atoms with Crippen LogP contribution >= 0.6 is 35.6 Å². The number of hydrogen-bond donors (Lipinski definition) is 1. The van der Waals surface area contributed by atoms with Gasteiger partial charge in [0.2, 0.25) is 0 Å². The average Bonchev–Trinajstić information content (AvgIpc) is 1.41. The first-order valence-electron chi connectivity index (χ1n) is 1.26. The average molecular weight is 204 g/mol. The predicted molar refractivity (Wildman–Crippen MR) is 33.8 cm³/mol. The molecule has 0 saturated heterocycles. The van der Waals surface area contributed by atoms with Gasteiger partial charge < -0.3 is 3.07 Å². The lowest BCUT2D eigenvalue weighted by molar-refractivity contribution is 0.464. The van der Waals surface area contributed by atoms with Crippen molar-refractivity contribution < 1.29 is 3.07 Å². The summed E-state index contributed by atoms with van der Waals surface area (Å²) in [5.74, 6) is 0.808. The third-order valence-electron chi connectivity index (χ3n) is 0.168. The second-order valence-corrected chi connectivity index (χ2v) is 1.61. The number of hydrogen-bond acceptors (Lipinski definition) is 2. The van der Waals surface area contributed by atoms with E-state index in [0.29, 0.717) is 0 Å². The predicted octanol–water partition coefficient (Wildman–Crippen LogP) is 1.28. The van der Waals surface area contributed by atoms with Crippen LogP contribution in [-0.4, -0.2) is 12.4 Å². The Balaban J connectivity index is 2.19. The van der Waals surface area contributed by atoms with Crippen LogP contribution in [0.5, 0.6) is 0 Å². The van der Waals surface area contributed by atoms with Gasteiger partial charge in [-0.2, -0.15) is 12.6 Å². The van der Waals surface area contributed by atoms with Crippen molar-refractivity contribution in [2.45, 2.75) is 0 Å². The summed E-state index contributed by atoms with van der Waals surface area (Å²) in [5.41, 5.74) is 0. The van der Waals surface area contributed by atoms with E-state index in [0.717, 1.165) is 12.4 Å². The van der Waals surface area contributed by atoms with E-state index in [1.54, 1.807) is 0 Å². The van der Waals surface area contributed by atoms with Crippen molar-refractivity contribution >= 4 is 35.6 Å². The zero-order chi connectivity index (χ0) is 4.12. The highest BCUT2D eigenvalue weighted by atomic mass is 127. The van der Waals surface area contributed by atoms with Crippen molar-refractivity contribution in [2.24, 2.45) is 0 Å². The Morgan fingerprint density at radius 3 is 2.40 bits per heavy atom. The monoisotopic (exact) mass is 204 g/mol. The molecular weight excluding hydrogens is 199 g/mol. The van der Waals surface area contributed by atoms with Crippen molar-refractivity contribution in [3.8, 4) is 0 Å². The molecule has 0 saturated carbocycles. The zero-order valence-electron chi connectivity index (χ0n) is 2.65. The highest BCUT2D eigenvalue weighted by molar-refractivity contribution is 14.1. The zero-order valence-corrected chi connectivity index (χ0v) is 5.70. The Bertz CT molecular complexity index is 17.1. The number of thiol groups is 1. The van der Waals surface area contributed by atoms with Gasteiger partial charge in [-0.05, 0) is 0 Å². The molecular formula is C2H5IOS. The van der Waals surface area contributed by atoms with Gasteiger partial charge in [-0.15, -0.1) is 0 Å². The Kier molecular flexibility index (Phi) is 6.09. The summed E-state index contributed by atoms with van der Waals surface area (Å²) in [6.45, 7) is 0.740. The second-order valence-electron chi connectivity index (χ2n) is 0.537. The van der Waals surface area contributed by atoms with E-state index in [1.165, 1.54) is 0 Å². The summed E-state index contributed by atoms with van der Waals surface area (Å²) in [5, 5.41) is 0. The molecule has 5 heavy (non-hydrogen) atoms. The summed E-state index contributed by atoms with van der Waals surface area (Å²) in [7, 11) is 0. The molecule has 32 valence electrons. The van der Waals surface area contributed by atoms with E-state index in [9.17, 15) is 0 Å². The van der Waals surface area contributed by atoms with Crippen LogP contribution in [0.3, 0.4) is 0 Å². The first-order chi connectivity index (χ1) is 2.41. The van der Waals surface area contributed by atoms with Crippen molar-refractivity contribution in [3.63, 3.8) is 0 Å². The Morgan fingerprint density at radius 2 is 2.40 bits per heavy atom. The molecule has 0 bridgehead atoms. The molecule has 0 radical (unpaired) electrons. The molecule has 0 fully saturated rings. The third-order valence-corrected chi connectivity index (χ3v) is 0.791. The molecule has 0 aromatic heterocycles. The summed E-state index contributed by atoms with van der Waals surface area (Å²) < 4.78 is 4.58. The maximum absolute atomic E-state index is 4.58. The fourth-order valence-electron chi connectivity index (χ4n) is 0.0345. The summed E-state index contributed by atoms with van der Waals surface area (Å²) in [6.07, 6.45) is 0. The van der Waals surface area contributed by atoms with E-state index in [2.05, 4.69) is 15.7 Å². The van der Waals surface area contributed by atoms with Crippen LogP contribution in [0.1, 0.15) is 0 Å². The van der Waals surface area contributed by atoms with E-state index < -0.39 is 0 Å². The molecule has 0 N–H and O–H groups in total. The standard InChI is InChI=1S/C2H5IOS/c3-4-1-2-5/h5H,1-2H2. The van der Waals surface area contributed by atoms with Gasteiger partial charge in [-0.3, -0.25) is 0 Å². The Morgan fingerprint density at radius 1 is 1.80 bits per heavy atom. The largest absolute Gasteiger partial charge is 0.315 e. The van der Waals surface area contributed by atoms with E-state index in [-0.39, 0.29) is 0 Å². The molecule has 0 aromatic rings. The second kappa shape index (κ2) is 5.04. The van der Waals surface area contributed by atoms with Crippen LogP contribution in [0.4, 0.5) is 0 Å². The first-order valence-corrected chi connectivity index (χ1v) is 2.77. The fourth-order valence-corrected chi connectivity index (χ4v) is 0.694. The number of halogens is 1. The van der Waals surface area contributed by atoms with Crippen LogP contribution < -0.4 is 0 Å². The molecule has 0 heterocycles. The van der Waals surface area contributed by atoms with Gasteiger partial charge >= 0.3 is 0 Å². The highest BCUT2D eigenvalue weighted by Gasteiger charge is 1.69. The van der Waals surface area contributed by atoms with Gasteiger partial charge in [0.15, 0.2) is 0 Å². The lowest BCUT2D eigenvalue weighted by atomic mass is 10.9. The quantitative estimate of drug-likeness (QED) is 0.526. The van der Waals surface area contributed by atoms with E-state index in [1.807, 2.05) is 23.0 Å². The number of rotatable bonds is 2. The molecule has 0 spiro atoms. The lowest BCUT2D eigenvalue weighted by Crippen LogP contribution is -1.79. The fraction of sp³-hybridized carbons (Fsp3) is 1.00. The smallest absolute Gasteiger partial charge is 0.109 e. The molecule has 0 atom stereocenters. The Labute approximate surface area is 51.2 Å². The molecule has 0 aliphatic carbocycles. The van der Waals surface area contributed by atoms with Crippen LogP contribution in [0, 0.1) is 0 Å². The van der Waals surface area contributed by atoms with Gasteiger partial charge in [0, 0.05) is 5.75 Å². The van der Waals surface area contributed by atoms with Gasteiger partial charge in [-0.1, -0.05) is 0 Å². The molecule has 0 rings (SSSR count). The van der Waals surface area contributed by atoms with Gasteiger partial charge in [0.1, 0.15) is 23.0 Å². The SMILES string of the molecule is SCCOI. The molecule has 0 aliphatic heterocycles. The normalized spacial score (nSPS) is 8.40. The van der Waals surface area contributed by atoms with E-state index in [4.69, 9.17) is 0 Å². The topological polar surface area (TPSA) is 9.23 Å². The molecule has 1 nitrogen and oxygen atoms in total. The van der Waals surface area contributed by atoms with Crippen LogP contribution in [0.25, 0.3) is 0 Å². The van der Waals surface area contributed by atoms with Gasteiger partial charge in [0.05, 0.1) is 6.61 Å². The Hall–Kier alpha value is 1.04.